The molecule has 2 rings (SSSR count). The summed E-state index contributed by atoms with van der Waals surface area (Å²) in [5.41, 5.74) is 0.644. The normalized spacial score (nSPS) is 18.2. The fourth-order valence-corrected chi connectivity index (χ4v) is 3.01. The fourth-order valence-electron chi connectivity index (χ4n) is 1.77. The third kappa shape index (κ3) is 3.21. The van der Waals surface area contributed by atoms with Crippen molar-refractivity contribution in [2.24, 2.45) is 0 Å². The highest BCUT2D eigenvalue weighted by molar-refractivity contribution is 7.89. The van der Waals surface area contributed by atoms with E-state index in [0.717, 1.165) is 25.9 Å². The van der Waals surface area contributed by atoms with E-state index < -0.39 is 10.0 Å². The van der Waals surface area contributed by atoms with Gasteiger partial charge < -0.3 is 5.32 Å². The van der Waals surface area contributed by atoms with E-state index in [4.69, 9.17) is 0 Å². The molecule has 7 heteroatoms. The van der Waals surface area contributed by atoms with Gasteiger partial charge in [-0.1, -0.05) is 0 Å². The first-order valence-electron chi connectivity index (χ1n) is 5.60. The molecule has 17 heavy (non-hydrogen) atoms. The Balaban J connectivity index is 2.13. The number of nitrogens with zero attached hydrogens (tertiary/aromatic N) is 2. The van der Waals surface area contributed by atoms with Gasteiger partial charge in [-0.3, -0.25) is 0 Å². The molecule has 0 spiro atoms. The lowest BCUT2D eigenvalue weighted by Crippen LogP contribution is -2.43. The lowest BCUT2D eigenvalue weighted by molar-refractivity contribution is 0.425. The number of hydrogen-bond donors (Lipinski definition) is 2. The van der Waals surface area contributed by atoms with Gasteiger partial charge in [0.1, 0.15) is 0 Å². The van der Waals surface area contributed by atoms with E-state index in [1.807, 2.05) is 0 Å². The van der Waals surface area contributed by atoms with Gasteiger partial charge in [0, 0.05) is 17.9 Å². The molecule has 1 aromatic rings. The van der Waals surface area contributed by atoms with E-state index in [1.165, 1.54) is 6.20 Å². The van der Waals surface area contributed by atoms with Gasteiger partial charge in [-0.2, -0.15) is 0 Å². The van der Waals surface area contributed by atoms with Gasteiger partial charge in [-0.25, -0.2) is 23.1 Å². The van der Waals surface area contributed by atoms with Crippen LogP contribution in [0.15, 0.2) is 17.4 Å². The average Bonchev–Trinajstić information content (AvgIpc) is 2.30. The maximum atomic E-state index is 12.0. The number of aryl methyl sites for hydroxylation is 1. The topological polar surface area (TPSA) is 84.0 Å². The third-order valence-electron chi connectivity index (χ3n) is 2.67. The van der Waals surface area contributed by atoms with Crippen molar-refractivity contribution >= 4 is 10.0 Å². The zero-order valence-corrected chi connectivity index (χ0v) is 10.5. The summed E-state index contributed by atoms with van der Waals surface area (Å²) in [6, 6.07) is 1.65. The second-order valence-electron chi connectivity index (χ2n) is 4.13. The minimum atomic E-state index is -3.58. The Labute approximate surface area is 101 Å². The van der Waals surface area contributed by atoms with Crippen molar-refractivity contribution in [3.05, 3.63) is 18.0 Å². The van der Waals surface area contributed by atoms with Gasteiger partial charge in [0.2, 0.25) is 0 Å². The Kier molecular flexibility index (Phi) is 3.70. The van der Waals surface area contributed by atoms with Crippen molar-refractivity contribution < 1.29 is 8.42 Å². The van der Waals surface area contributed by atoms with E-state index in [0.29, 0.717) is 5.69 Å². The Morgan fingerprint density at radius 1 is 1.41 bits per heavy atom. The summed E-state index contributed by atoms with van der Waals surface area (Å²) < 4.78 is 26.6. The van der Waals surface area contributed by atoms with E-state index in [-0.39, 0.29) is 11.2 Å². The maximum absolute atomic E-state index is 12.0. The number of aromatic nitrogens is 2. The Morgan fingerprint density at radius 2 is 2.12 bits per heavy atom. The summed E-state index contributed by atoms with van der Waals surface area (Å²) in [5, 5.41) is 3.04. The molecule has 1 saturated heterocycles. The number of rotatable bonds is 3. The molecular weight excluding hydrogens is 240 g/mol. The van der Waals surface area contributed by atoms with Gasteiger partial charge in [0.05, 0.1) is 0 Å². The highest BCUT2D eigenvalue weighted by Gasteiger charge is 2.23. The molecule has 2 heterocycles. The highest BCUT2D eigenvalue weighted by Crippen LogP contribution is 2.08. The number of sulfonamides is 1. The number of nitrogens with one attached hydrogen (secondary N) is 2. The van der Waals surface area contributed by atoms with Gasteiger partial charge in [-0.05, 0) is 38.9 Å². The SMILES string of the molecule is Cc1ccnc(S(=O)(=O)NC2CCNCC2)n1. The summed E-state index contributed by atoms with van der Waals surface area (Å²) >= 11 is 0. The molecule has 1 aliphatic heterocycles. The fraction of sp³-hybridized carbons (Fsp3) is 0.600. The Bertz CT molecular complexity index is 483. The van der Waals surface area contributed by atoms with Crippen molar-refractivity contribution in [3.63, 3.8) is 0 Å². The summed E-state index contributed by atoms with van der Waals surface area (Å²) in [7, 11) is -3.58. The summed E-state index contributed by atoms with van der Waals surface area (Å²) in [4.78, 5) is 7.73. The molecule has 0 radical (unpaired) electrons. The lowest BCUT2D eigenvalue weighted by atomic mass is 10.1. The molecule has 1 aromatic heterocycles. The van der Waals surface area contributed by atoms with Crippen LogP contribution in [0.5, 0.6) is 0 Å². The zero-order valence-electron chi connectivity index (χ0n) is 9.68. The van der Waals surface area contributed by atoms with Crippen LogP contribution in [0.4, 0.5) is 0 Å². The molecule has 0 amide bonds. The predicted octanol–water partition coefficient (Wildman–Crippen LogP) is -0.185. The average molecular weight is 256 g/mol. The van der Waals surface area contributed by atoms with Crippen LogP contribution in [0.3, 0.4) is 0 Å². The van der Waals surface area contributed by atoms with E-state index in [2.05, 4.69) is 20.0 Å². The highest BCUT2D eigenvalue weighted by atomic mass is 32.2. The Morgan fingerprint density at radius 3 is 2.76 bits per heavy atom. The van der Waals surface area contributed by atoms with Crippen molar-refractivity contribution in [2.75, 3.05) is 13.1 Å². The van der Waals surface area contributed by atoms with Crippen molar-refractivity contribution in [1.82, 2.24) is 20.0 Å². The third-order valence-corrected chi connectivity index (χ3v) is 4.00. The first-order chi connectivity index (χ1) is 8.08. The Hall–Kier alpha value is -1.05. The second-order valence-corrected chi connectivity index (χ2v) is 5.73. The first kappa shape index (κ1) is 12.4. The van der Waals surface area contributed by atoms with Crippen LogP contribution in [-0.2, 0) is 10.0 Å². The molecule has 0 bridgehead atoms. The van der Waals surface area contributed by atoms with Crippen molar-refractivity contribution in [1.29, 1.82) is 0 Å². The molecule has 6 nitrogen and oxygen atoms in total. The molecule has 0 aromatic carbocycles. The quantitative estimate of drug-likeness (QED) is 0.733. The van der Waals surface area contributed by atoms with E-state index in [9.17, 15) is 8.42 Å². The van der Waals surface area contributed by atoms with Crippen LogP contribution in [0, 0.1) is 6.92 Å². The van der Waals surface area contributed by atoms with Crippen LogP contribution in [0.25, 0.3) is 0 Å². The monoisotopic (exact) mass is 256 g/mol. The standard InChI is InChI=1S/C10H16N4O2S/c1-8-2-7-12-10(13-8)17(15,16)14-9-3-5-11-6-4-9/h2,7,9,11,14H,3-6H2,1H3. The zero-order chi connectivity index (χ0) is 12.3. The van der Waals surface area contributed by atoms with Gasteiger partial charge >= 0.3 is 0 Å². The molecule has 0 saturated carbocycles. The van der Waals surface area contributed by atoms with Crippen molar-refractivity contribution in [2.45, 2.75) is 31.0 Å². The molecule has 1 aliphatic rings. The van der Waals surface area contributed by atoms with E-state index >= 15 is 0 Å². The molecule has 94 valence electrons. The minimum absolute atomic E-state index is 0.0228. The van der Waals surface area contributed by atoms with Crippen molar-refractivity contribution in [3.8, 4) is 0 Å². The second kappa shape index (κ2) is 5.07. The van der Waals surface area contributed by atoms with Gasteiger partial charge in [-0.15, -0.1) is 0 Å². The van der Waals surface area contributed by atoms with Crippen LogP contribution < -0.4 is 10.0 Å². The minimum Gasteiger partial charge on any atom is -0.317 e. The van der Waals surface area contributed by atoms with Crippen LogP contribution >= 0.6 is 0 Å². The summed E-state index contributed by atoms with van der Waals surface area (Å²) in [5.74, 6) is 0. The summed E-state index contributed by atoms with van der Waals surface area (Å²) in [6.45, 7) is 3.41. The molecule has 2 N–H and O–H groups in total. The maximum Gasteiger partial charge on any atom is 0.276 e. The summed E-state index contributed by atoms with van der Waals surface area (Å²) in [6.07, 6.45) is 3.05. The number of hydrogen-bond acceptors (Lipinski definition) is 5. The number of piperidine rings is 1. The smallest absolute Gasteiger partial charge is 0.276 e. The molecule has 0 unspecified atom stereocenters. The largest absolute Gasteiger partial charge is 0.317 e. The predicted molar refractivity (Wildman–Crippen MR) is 63.0 cm³/mol. The molecule has 0 atom stereocenters. The van der Waals surface area contributed by atoms with Gasteiger partial charge in [0.25, 0.3) is 15.2 Å². The molecular formula is C10H16N4O2S. The molecule has 1 fully saturated rings. The van der Waals surface area contributed by atoms with Crippen LogP contribution in [0.1, 0.15) is 18.5 Å². The van der Waals surface area contributed by atoms with Gasteiger partial charge in [0.15, 0.2) is 0 Å². The van der Waals surface area contributed by atoms with E-state index in [1.54, 1.807) is 13.0 Å². The molecule has 0 aliphatic carbocycles. The van der Waals surface area contributed by atoms with Crippen LogP contribution in [-0.4, -0.2) is 37.5 Å². The lowest BCUT2D eigenvalue weighted by Gasteiger charge is -2.22. The van der Waals surface area contributed by atoms with Crippen LogP contribution in [0.2, 0.25) is 0 Å². The first-order valence-corrected chi connectivity index (χ1v) is 7.09.